The van der Waals surface area contributed by atoms with Gasteiger partial charge in [0.2, 0.25) is 5.91 Å². The Morgan fingerprint density at radius 2 is 1.52 bits per heavy atom. The molecule has 2 radical (unpaired) electrons. The zero-order valence-corrected chi connectivity index (χ0v) is 23.3. The van der Waals surface area contributed by atoms with Crippen LogP contribution in [0.4, 0.5) is 17.1 Å². The van der Waals surface area contributed by atoms with E-state index in [-0.39, 0.29) is 75.6 Å². The Hall–Kier alpha value is -1.39. The summed E-state index contributed by atoms with van der Waals surface area (Å²) in [5.41, 5.74) is -0.565. The zero-order chi connectivity index (χ0) is 23.0. The Bertz CT molecular complexity index is 1440. The van der Waals surface area contributed by atoms with Gasteiger partial charge in [0.05, 0.1) is 16.3 Å². The van der Waals surface area contributed by atoms with E-state index in [2.05, 4.69) is 15.5 Å². The summed E-state index contributed by atoms with van der Waals surface area (Å²) < 4.78 is 66.0. The van der Waals surface area contributed by atoms with Crippen LogP contribution in [0, 0.1) is 0 Å². The molecule has 0 unspecified atom stereocenters. The fraction of sp³-hybridized carbons (Fsp3) is 0.0556. The van der Waals surface area contributed by atoms with Crippen LogP contribution in [0.1, 0.15) is 6.92 Å². The third-order valence-electron chi connectivity index (χ3n) is 4.03. The first kappa shape index (κ1) is 29.6. The van der Waals surface area contributed by atoms with Crippen molar-refractivity contribution in [2.45, 2.75) is 16.7 Å². The second-order valence-electron chi connectivity index (χ2n) is 6.31. The van der Waals surface area contributed by atoms with Crippen molar-refractivity contribution < 1.29 is 35.8 Å². The second-order valence-corrected chi connectivity index (χ2v) is 9.12. The Balaban J connectivity index is 0.00000272. The number of amides is 1. The SMILES string of the molecule is CC(=O)Nc1cc(S(=O)(=O)O)cc2cc(S(=O)(=O)O)c(N=Nc3ccccc3)c(O)c12.[Na].[Na]. The van der Waals surface area contributed by atoms with Crippen molar-refractivity contribution in [1.82, 2.24) is 0 Å². The number of phenols is 1. The molecule has 0 aliphatic heterocycles. The number of anilines is 1. The summed E-state index contributed by atoms with van der Waals surface area (Å²) in [5, 5.41) is 20.2. The first-order valence-electron chi connectivity index (χ1n) is 8.41. The molecule has 0 aromatic heterocycles. The third-order valence-corrected chi connectivity index (χ3v) is 5.73. The predicted molar refractivity (Wildman–Crippen MR) is 122 cm³/mol. The smallest absolute Gasteiger partial charge is 0.296 e. The van der Waals surface area contributed by atoms with Gasteiger partial charge in [0.25, 0.3) is 20.2 Å². The molecule has 4 N–H and O–H groups in total. The van der Waals surface area contributed by atoms with Gasteiger partial charge in [-0.15, -0.1) is 5.11 Å². The maximum Gasteiger partial charge on any atom is 0.296 e. The summed E-state index contributed by atoms with van der Waals surface area (Å²) in [5.74, 6) is -1.44. The van der Waals surface area contributed by atoms with Crippen molar-refractivity contribution in [2.24, 2.45) is 10.2 Å². The maximum atomic E-state index is 11.9. The number of hydrogen-bond acceptors (Lipinski definition) is 8. The molecule has 3 aromatic carbocycles. The van der Waals surface area contributed by atoms with E-state index in [9.17, 15) is 35.8 Å². The van der Waals surface area contributed by atoms with Crippen LogP contribution in [0.2, 0.25) is 0 Å². The van der Waals surface area contributed by atoms with Gasteiger partial charge in [0, 0.05) is 71.4 Å². The van der Waals surface area contributed by atoms with Crippen LogP contribution >= 0.6 is 0 Å². The number of fused-ring (bicyclic) bond motifs is 1. The molecule has 1 amide bonds. The first-order valence-corrected chi connectivity index (χ1v) is 11.3. The van der Waals surface area contributed by atoms with Crippen LogP contribution in [0.5, 0.6) is 5.75 Å². The van der Waals surface area contributed by atoms with E-state index < -0.39 is 47.4 Å². The largest absolute Gasteiger partial charge is 0.505 e. The first-order chi connectivity index (χ1) is 14.4. The molecule has 0 fully saturated rings. The van der Waals surface area contributed by atoms with Gasteiger partial charge in [-0.3, -0.25) is 13.9 Å². The molecule has 3 rings (SSSR count). The molecule has 0 saturated heterocycles. The van der Waals surface area contributed by atoms with Crippen molar-refractivity contribution >= 4 is 113 Å². The van der Waals surface area contributed by atoms with Crippen LogP contribution in [-0.4, -0.2) is 96.1 Å². The Kier molecular flexibility index (Phi) is 10.2. The van der Waals surface area contributed by atoms with Gasteiger partial charge in [-0.2, -0.15) is 21.9 Å². The van der Waals surface area contributed by atoms with Crippen molar-refractivity contribution in [3.63, 3.8) is 0 Å². The maximum absolute atomic E-state index is 11.9. The number of hydrogen-bond donors (Lipinski definition) is 4. The van der Waals surface area contributed by atoms with Gasteiger partial charge in [0.1, 0.15) is 10.6 Å². The number of nitrogens with one attached hydrogen (secondary N) is 1. The zero-order valence-electron chi connectivity index (χ0n) is 17.7. The predicted octanol–water partition coefficient (Wildman–Crippen LogP) is 2.65. The van der Waals surface area contributed by atoms with Gasteiger partial charge in [0.15, 0.2) is 5.75 Å². The summed E-state index contributed by atoms with van der Waals surface area (Å²) in [4.78, 5) is 10.0. The van der Waals surface area contributed by atoms with Gasteiger partial charge < -0.3 is 10.4 Å². The van der Waals surface area contributed by atoms with Gasteiger partial charge in [-0.1, -0.05) is 18.2 Å². The van der Waals surface area contributed by atoms with E-state index in [1.165, 1.54) is 0 Å². The average molecular weight is 511 g/mol. The fourth-order valence-corrected chi connectivity index (χ4v) is 3.99. The normalized spacial score (nSPS) is 11.6. The minimum atomic E-state index is -4.95. The van der Waals surface area contributed by atoms with E-state index in [1.807, 2.05) is 0 Å². The molecule has 0 atom stereocenters. The Morgan fingerprint density at radius 3 is 2.03 bits per heavy atom. The summed E-state index contributed by atoms with van der Waals surface area (Å²) in [7, 11) is -9.71. The molecule has 0 aliphatic rings. The molecule has 0 aliphatic carbocycles. The number of carbonyl (C=O) groups is 1. The van der Waals surface area contributed by atoms with Crippen molar-refractivity contribution in [1.29, 1.82) is 0 Å². The van der Waals surface area contributed by atoms with Crippen LogP contribution in [0.3, 0.4) is 0 Å². The second kappa shape index (κ2) is 11.4. The molecular weight excluding hydrogens is 496 g/mol. The topological polar surface area (TPSA) is 183 Å². The molecule has 15 heteroatoms. The van der Waals surface area contributed by atoms with E-state index in [1.54, 1.807) is 30.3 Å². The number of phenolic OH excluding ortho intramolecular Hbond substituents is 1. The third kappa shape index (κ3) is 7.05. The van der Waals surface area contributed by atoms with Crippen molar-refractivity contribution in [3.8, 4) is 5.75 Å². The van der Waals surface area contributed by atoms with E-state index in [0.29, 0.717) is 5.69 Å². The van der Waals surface area contributed by atoms with Crippen LogP contribution < -0.4 is 5.32 Å². The molecule has 0 heterocycles. The molecule has 0 spiro atoms. The molecular formula is C18H15N3Na2O8S2. The summed E-state index contributed by atoms with van der Waals surface area (Å²) in [6.07, 6.45) is 0. The quantitative estimate of drug-likeness (QED) is 0.229. The van der Waals surface area contributed by atoms with Gasteiger partial charge in [-0.05, 0) is 35.7 Å². The molecule has 11 nitrogen and oxygen atoms in total. The van der Waals surface area contributed by atoms with E-state index >= 15 is 0 Å². The minimum absolute atomic E-state index is 0. The number of aromatic hydroxyl groups is 1. The van der Waals surface area contributed by atoms with Crippen molar-refractivity contribution in [3.05, 3.63) is 48.5 Å². The number of nitrogens with zero attached hydrogens (tertiary/aromatic N) is 2. The molecule has 0 saturated carbocycles. The van der Waals surface area contributed by atoms with Crippen LogP contribution in [0.25, 0.3) is 10.8 Å². The fourth-order valence-electron chi connectivity index (χ4n) is 2.79. The number of rotatable bonds is 5. The Morgan fingerprint density at radius 1 is 0.909 bits per heavy atom. The van der Waals surface area contributed by atoms with E-state index in [0.717, 1.165) is 25.1 Å². The number of benzene rings is 3. The molecule has 33 heavy (non-hydrogen) atoms. The minimum Gasteiger partial charge on any atom is -0.505 e. The van der Waals surface area contributed by atoms with Gasteiger partial charge >= 0.3 is 0 Å². The van der Waals surface area contributed by atoms with Crippen LogP contribution in [-0.2, 0) is 25.0 Å². The number of carbonyl (C=O) groups excluding carboxylic acids is 1. The van der Waals surface area contributed by atoms with Crippen molar-refractivity contribution in [2.75, 3.05) is 5.32 Å². The summed E-state index contributed by atoms with van der Waals surface area (Å²) >= 11 is 0. The average Bonchev–Trinajstić information content (AvgIpc) is 2.65. The number of azo groups is 1. The van der Waals surface area contributed by atoms with Crippen LogP contribution in [0.15, 0.2) is 68.6 Å². The molecule has 3 aromatic rings. The summed E-state index contributed by atoms with van der Waals surface area (Å²) in [6.45, 7) is 1.12. The molecule has 164 valence electrons. The van der Waals surface area contributed by atoms with E-state index in [4.69, 9.17) is 0 Å². The molecule has 0 bridgehead atoms. The Labute approximate surface area is 233 Å². The monoisotopic (exact) mass is 511 g/mol. The standard InChI is InChI=1S/C18H15N3O8S2.2Na/c1-10(22)19-14-9-13(30(24,25)26)7-11-8-15(31(27,28)29)17(18(23)16(11)14)21-20-12-5-3-2-4-6-12;;/h2-9,23H,1H3,(H,19,22)(H,24,25,26)(H,27,28,29);;. The van der Waals surface area contributed by atoms with Gasteiger partial charge in [-0.25, -0.2) is 0 Å². The summed E-state index contributed by atoms with van der Waals surface area (Å²) in [6, 6.07) is 10.7.